The van der Waals surface area contributed by atoms with E-state index in [2.05, 4.69) is 15.3 Å². The Morgan fingerprint density at radius 1 is 0.960 bits per heavy atom. The second-order valence-electron chi connectivity index (χ2n) is 5.29. The topological polar surface area (TPSA) is 37.8 Å². The van der Waals surface area contributed by atoms with Gasteiger partial charge in [0.25, 0.3) is 0 Å². The Hall–Kier alpha value is -2.60. The number of aromatic nitrogens is 2. The van der Waals surface area contributed by atoms with E-state index in [1.807, 2.05) is 42.5 Å². The van der Waals surface area contributed by atoms with E-state index >= 15 is 0 Å². The predicted molar refractivity (Wildman–Crippen MR) is 90.4 cm³/mol. The molecular weight excluding hydrogens is 351 g/mol. The van der Waals surface area contributed by atoms with Crippen LogP contribution in [-0.4, -0.2) is 9.97 Å². The first-order valence-electron chi connectivity index (χ1n) is 7.40. The van der Waals surface area contributed by atoms with Crippen LogP contribution in [0, 0.1) is 0 Å². The number of alkyl halides is 3. The van der Waals surface area contributed by atoms with Gasteiger partial charge in [-0.05, 0) is 23.8 Å². The Bertz CT molecular complexity index is 800. The van der Waals surface area contributed by atoms with E-state index in [9.17, 15) is 13.2 Å². The van der Waals surface area contributed by atoms with Gasteiger partial charge in [-0.3, -0.25) is 4.98 Å². The molecular formula is C18H13ClF3N3. The number of anilines is 1. The Morgan fingerprint density at radius 2 is 1.68 bits per heavy atom. The number of rotatable bonds is 4. The molecule has 25 heavy (non-hydrogen) atoms. The molecule has 0 radical (unpaired) electrons. The third-order valence-electron chi connectivity index (χ3n) is 3.57. The van der Waals surface area contributed by atoms with Crippen LogP contribution in [0.25, 0.3) is 0 Å². The highest BCUT2D eigenvalue weighted by Gasteiger charge is 2.31. The summed E-state index contributed by atoms with van der Waals surface area (Å²) in [4.78, 5) is 8.17. The van der Waals surface area contributed by atoms with Crippen LogP contribution in [0.5, 0.6) is 0 Å². The molecule has 0 aliphatic carbocycles. The molecule has 0 fully saturated rings. The van der Waals surface area contributed by atoms with Crippen LogP contribution >= 0.6 is 11.6 Å². The minimum absolute atomic E-state index is 0.105. The molecule has 2 heterocycles. The van der Waals surface area contributed by atoms with Crippen molar-refractivity contribution in [2.45, 2.75) is 12.2 Å². The van der Waals surface area contributed by atoms with E-state index in [0.29, 0.717) is 5.69 Å². The first-order chi connectivity index (χ1) is 11.9. The average molecular weight is 364 g/mol. The zero-order chi connectivity index (χ0) is 17.9. The van der Waals surface area contributed by atoms with Crippen LogP contribution < -0.4 is 5.32 Å². The molecule has 1 atom stereocenters. The Morgan fingerprint density at radius 3 is 2.28 bits per heavy atom. The first-order valence-corrected chi connectivity index (χ1v) is 7.78. The van der Waals surface area contributed by atoms with Gasteiger partial charge in [0.1, 0.15) is 5.82 Å². The van der Waals surface area contributed by atoms with Crippen molar-refractivity contribution in [2.24, 2.45) is 0 Å². The van der Waals surface area contributed by atoms with Crippen molar-refractivity contribution in [1.29, 1.82) is 0 Å². The highest BCUT2D eigenvalue weighted by atomic mass is 35.5. The van der Waals surface area contributed by atoms with Gasteiger partial charge in [0.15, 0.2) is 0 Å². The highest BCUT2D eigenvalue weighted by Crippen LogP contribution is 2.34. The third kappa shape index (κ3) is 4.09. The largest absolute Gasteiger partial charge is 0.417 e. The molecule has 3 aromatic rings. The van der Waals surface area contributed by atoms with Crippen LogP contribution in [0.1, 0.15) is 22.9 Å². The van der Waals surface area contributed by atoms with Gasteiger partial charge < -0.3 is 5.32 Å². The van der Waals surface area contributed by atoms with Gasteiger partial charge in [0.05, 0.1) is 22.3 Å². The van der Waals surface area contributed by atoms with E-state index in [0.717, 1.165) is 17.8 Å². The summed E-state index contributed by atoms with van der Waals surface area (Å²) in [5.74, 6) is 0.161. The number of hydrogen-bond acceptors (Lipinski definition) is 3. The molecule has 0 bridgehead atoms. The van der Waals surface area contributed by atoms with E-state index in [1.165, 1.54) is 0 Å². The smallest absolute Gasteiger partial charge is 0.356 e. The van der Waals surface area contributed by atoms with Crippen LogP contribution in [0.3, 0.4) is 0 Å². The van der Waals surface area contributed by atoms with E-state index < -0.39 is 17.8 Å². The van der Waals surface area contributed by atoms with Gasteiger partial charge in [-0.2, -0.15) is 13.2 Å². The summed E-state index contributed by atoms with van der Waals surface area (Å²) in [6.45, 7) is 0. The maximum absolute atomic E-state index is 12.8. The fourth-order valence-corrected chi connectivity index (χ4v) is 2.58. The summed E-state index contributed by atoms with van der Waals surface area (Å²) < 4.78 is 38.3. The fraction of sp³-hybridized carbons (Fsp3) is 0.111. The van der Waals surface area contributed by atoms with E-state index in [-0.39, 0.29) is 10.8 Å². The number of nitrogens with one attached hydrogen (secondary N) is 1. The van der Waals surface area contributed by atoms with Crippen LogP contribution in [0.4, 0.5) is 19.0 Å². The lowest BCUT2D eigenvalue weighted by molar-refractivity contribution is -0.137. The molecule has 0 aliphatic rings. The zero-order valence-corrected chi connectivity index (χ0v) is 13.6. The SMILES string of the molecule is FC(F)(F)c1cnc(N[C@@H](c2ccccc2)c2ccccn2)c(Cl)c1. The second-order valence-corrected chi connectivity index (χ2v) is 5.70. The molecule has 3 nitrogen and oxygen atoms in total. The average Bonchev–Trinajstić information content (AvgIpc) is 2.61. The monoisotopic (exact) mass is 363 g/mol. The Labute approximate surface area is 147 Å². The number of hydrogen-bond donors (Lipinski definition) is 1. The molecule has 0 amide bonds. The third-order valence-corrected chi connectivity index (χ3v) is 3.85. The van der Waals surface area contributed by atoms with Gasteiger partial charge in [-0.1, -0.05) is 48.0 Å². The zero-order valence-electron chi connectivity index (χ0n) is 12.8. The quantitative estimate of drug-likeness (QED) is 0.679. The van der Waals surface area contributed by atoms with E-state index in [1.54, 1.807) is 12.3 Å². The lowest BCUT2D eigenvalue weighted by atomic mass is 10.0. The molecule has 1 aromatic carbocycles. The maximum Gasteiger partial charge on any atom is 0.417 e. The highest BCUT2D eigenvalue weighted by molar-refractivity contribution is 6.33. The van der Waals surface area contributed by atoms with Crippen LogP contribution in [0.15, 0.2) is 67.0 Å². The minimum atomic E-state index is -4.49. The van der Waals surface area contributed by atoms with Gasteiger partial charge in [0, 0.05) is 12.4 Å². The van der Waals surface area contributed by atoms with Gasteiger partial charge in [-0.25, -0.2) is 4.98 Å². The van der Waals surface area contributed by atoms with Crippen molar-refractivity contribution in [3.05, 3.63) is 88.8 Å². The number of pyridine rings is 2. The van der Waals surface area contributed by atoms with Gasteiger partial charge in [-0.15, -0.1) is 0 Å². The molecule has 7 heteroatoms. The fourth-order valence-electron chi connectivity index (χ4n) is 2.36. The summed E-state index contributed by atoms with van der Waals surface area (Å²) in [6.07, 6.45) is -2.08. The summed E-state index contributed by atoms with van der Waals surface area (Å²) in [5.41, 5.74) is 0.697. The molecule has 2 aromatic heterocycles. The summed E-state index contributed by atoms with van der Waals surface area (Å²) >= 11 is 6.01. The molecule has 0 spiro atoms. The molecule has 3 rings (SSSR count). The van der Waals surface area contributed by atoms with Crippen LogP contribution in [-0.2, 0) is 6.18 Å². The van der Waals surface area contributed by atoms with E-state index in [4.69, 9.17) is 11.6 Å². The van der Waals surface area contributed by atoms with Crippen LogP contribution in [0.2, 0.25) is 5.02 Å². The number of benzene rings is 1. The molecule has 0 saturated heterocycles. The molecule has 0 aliphatic heterocycles. The molecule has 0 saturated carbocycles. The lowest BCUT2D eigenvalue weighted by Gasteiger charge is -2.20. The van der Waals surface area contributed by atoms with Crippen molar-refractivity contribution in [3.8, 4) is 0 Å². The number of nitrogens with zero attached hydrogens (tertiary/aromatic N) is 2. The minimum Gasteiger partial charge on any atom is -0.356 e. The molecule has 128 valence electrons. The standard InChI is InChI=1S/C18H13ClF3N3/c19-14-10-13(18(20,21)22)11-24-17(14)25-16(12-6-2-1-3-7-12)15-8-4-5-9-23-15/h1-11,16H,(H,24,25)/t16-/m0/s1. The Kier molecular flexibility index (Phi) is 4.90. The van der Waals surface area contributed by atoms with Crippen molar-refractivity contribution in [3.63, 3.8) is 0 Å². The van der Waals surface area contributed by atoms with Crippen molar-refractivity contribution in [2.75, 3.05) is 5.32 Å². The predicted octanol–water partition coefficient (Wildman–Crippen LogP) is 5.35. The lowest BCUT2D eigenvalue weighted by Crippen LogP contribution is -2.15. The van der Waals surface area contributed by atoms with Gasteiger partial charge in [0.2, 0.25) is 0 Å². The normalized spacial score (nSPS) is 12.6. The number of halogens is 4. The molecule has 0 unspecified atom stereocenters. The second kappa shape index (κ2) is 7.11. The summed E-state index contributed by atoms with van der Waals surface area (Å²) in [6, 6.07) is 15.3. The van der Waals surface area contributed by atoms with Gasteiger partial charge >= 0.3 is 6.18 Å². The van der Waals surface area contributed by atoms with Crippen molar-refractivity contribution in [1.82, 2.24) is 9.97 Å². The Balaban J connectivity index is 1.97. The molecule has 1 N–H and O–H groups in total. The summed E-state index contributed by atoms with van der Waals surface area (Å²) in [7, 11) is 0. The van der Waals surface area contributed by atoms with Crippen molar-refractivity contribution >= 4 is 17.4 Å². The summed E-state index contributed by atoms with van der Waals surface area (Å²) in [5, 5.41) is 2.98. The maximum atomic E-state index is 12.8. The van der Waals surface area contributed by atoms with Crippen molar-refractivity contribution < 1.29 is 13.2 Å². The first kappa shape index (κ1) is 17.2.